The molecular weight excluding hydrogens is 390 g/mol. The zero-order valence-corrected chi connectivity index (χ0v) is 17.4. The van der Waals surface area contributed by atoms with Crippen LogP contribution in [0.2, 0.25) is 0 Å². The van der Waals surface area contributed by atoms with Crippen LogP contribution in [-0.4, -0.2) is 30.0 Å². The highest BCUT2D eigenvalue weighted by Gasteiger charge is 2.36. The first-order valence-corrected chi connectivity index (χ1v) is 9.97. The molecule has 0 aliphatic carbocycles. The number of phenolic OH excluding ortho intramolecular Hbond substituents is 1. The molecule has 0 radical (unpaired) electrons. The molecule has 0 saturated heterocycles. The highest BCUT2D eigenvalue weighted by Crippen LogP contribution is 2.43. The predicted molar refractivity (Wildman–Crippen MR) is 118 cm³/mol. The number of aromatic hydroxyl groups is 1. The molecule has 0 fully saturated rings. The quantitative estimate of drug-likeness (QED) is 0.627. The molecule has 1 aliphatic rings. The Balaban J connectivity index is 1.78. The van der Waals surface area contributed by atoms with Crippen LogP contribution in [0.5, 0.6) is 17.2 Å². The van der Waals surface area contributed by atoms with Crippen LogP contribution in [0.3, 0.4) is 0 Å². The van der Waals surface area contributed by atoms with Gasteiger partial charge in [0.2, 0.25) is 0 Å². The molecule has 1 heterocycles. The van der Waals surface area contributed by atoms with Gasteiger partial charge in [0, 0.05) is 12.0 Å². The van der Waals surface area contributed by atoms with Crippen LogP contribution in [0.1, 0.15) is 35.2 Å². The van der Waals surface area contributed by atoms with Gasteiger partial charge in [0.25, 0.3) is 0 Å². The van der Waals surface area contributed by atoms with Gasteiger partial charge in [0.15, 0.2) is 17.5 Å². The summed E-state index contributed by atoms with van der Waals surface area (Å²) in [6.07, 6.45) is 0.638. The molecule has 3 aromatic rings. The average molecular weight is 413 g/mol. The number of benzene rings is 3. The molecule has 0 aromatic heterocycles. The molecule has 1 N–H and O–H groups in total. The average Bonchev–Trinajstić information content (AvgIpc) is 3.26. The van der Waals surface area contributed by atoms with Crippen molar-refractivity contribution in [1.29, 1.82) is 5.26 Å². The van der Waals surface area contributed by atoms with Crippen LogP contribution in [0, 0.1) is 11.3 Å². The Morgan fingerprint density at radius 3 is 2.39 bits per heavy atom. The molecule has 2 atom stereocenters. The number of hydrazone groups is 1. The lowest BCUT2D eigenvalue weighted by Gasteiger charge is -2.29. The van der Waals surface area contributed by atoms with E-state index in [0.29, 0.717) is 17.7 Å². The maximum Gasteiger partial charge on any atom is 0.164 e. The van der Waals surface area contributed by atoms with E-state index >= 15 is 0 Å². The first-order chi connectivity index (χ1) is 15.2. The summed E-state index contributed by atoms with van der Waals surface area (Å²) in [5.74, 6) is 1.05. The molecule has 6 nitrogen and oxygen atoms in total. The van der Waals surface area contributed by atoms with Crippen molar-refractivity contribution in [1.82, 2.24) is 5.01 Å². The number of nitriles is 1. The summed E-state index contributed by atoms with van der Waals surface area (Å²) in [6.45, 7) is 0. The van der Waals surface area contributed by atoms with E-state index in [0.717, 1.165) is 22.6 Å². The van der Waals surface area contributed by atoms with Crippen molar-refractivity contribution in [3.05, 3.63) is 89.5 Å². The van der Waals surface area contributed by atoms with Crippen molar-refractivity contribution < 1.29 is 14.6 Å². The lowest BCUT2D eigenvalue weighted by atomic mass is 9.96. The van der Waals surface area contributed by atoms with Crippen LogP contribution in [0.15, 0.2) is 77.9 Å². The van der Waals surface area contributed by atoms with Crippen molar-refractivity contribution in [2.45, 2.75) is 18.5 Å². The van der Waals surface area contributed by atoms with Gasteiger partial charge in [-0.2, -0.15) is 10.4 Å². The molecule has 156 valence electrons. The van der Waals surface area contributed by atoms with E-state index in [4.69, 9.17) is 14.6 Å². The Morgan fingerprint density at radius 2 is 1.74 bits per heavy atom. The van der Waals surface area contributed by atoms with Crippen molar-refractivity contribution in [3.8, 4) is 23.3 Å². The molecule has 6 heteroatoms. The Bertz CT molecular complexity index is 1120. The second-order valence-corrected chi connectivity index (χ2v) is 7.22. The third-order valence-corrected chi connectivity index (χ3v) is 5.48. The smallest absolute Gasteiger partial charge is 0.164 e. The van der Waals surface area contributed by atoms with Crippen LogP contribution in [0.4, 0.5) is 0 Å². The largest absolute Gasteiger partial charge is 0.504 e. The first-order valence-electron chi connectivity index (χ1n) is 9.97. The molecule has 31 heavy (non-hydrogen) atoms. The number of phenols is 1. The van der Waals surface area contributed by atoms with Gasteiger partial charge in [0.1, 0.15) is 5.75 Å². The zero-order chi connectivity index (χ0) is 21.8. The zero-order valence-electron chi connectivity index (χ0n) is 17.4. The number of ether oxygens (including phenoxy) is 2. The van der Waals surface area contributed by atoms with Crippen molar-refractivity contribution in [2.24, 2.45) is 5.10 Å². The number of hydrogen-bond donors (Lipinski definition) is 1. The van der Waals surface area contributed by atoms with Crippen molar-refractivity contribution in [3.63, 3.8) is 0 Å². The molecule has 1 aliphatic heterocycles. The summed E-state index contributed by atoms with van der Waals surface area (Å²) in [5.41, 5.74) is 3.36. The summed E-state index contributed by atoms with van der Waals surface area (Å²) in [5, 5.41) is 27.4. The number of hydrogen-bond acceptors (Lipinski definition) is 6. The maximum atomic E-state index is 10.7. The minimum atomic E-state index is -0.781. The summed E-state index contributed by atoms with van der Waals surface area (Å²) < 4.78 is 10.5. The van der Waals surface area contributed by atoms with E-state index < -0.39 is 6.04 Å². The third kappa shape index (κ3) is 3.90. The monoisotopic (exact) mass is 413 g/mol. The summed E-state index contributed by atoms with van der Waals surface area (Å²) in [7, 11) is 3.12. The van der Waals surface area contributed by atoms with Crippen molar-refractivity contribution >= 4 is 5.71 Å². The fraction of sp³-hybridized carbons (Fsp3) is 0.200. The second-order valence-electron chi connectivity index (χ2n) is 7.22. The van der Waals surface area contributed by atoms with Gasteiger partial charge in [-0.3, -0.25) is 5.01 Å². The topological polar surface area (TPSA) is 78.1 Å². The predicted octanol–water partition coefficient (Wildman–Crippen LogP) is 4.83. The highest BCUT2D eigenvalue weighted by molar-refractivity contribution is 6.02. The van der Waals surface area contributed by atoms with Gasteiger partial charge in [-0.25, -0.2) is 0 Å². The van der Waals surface area contributed by atoms with Gasteiger partial charge in [-0.15, -0.1) is 0 Å². The Labute approximate surface area is 181 Å². The van der Waals surface area contributed by atoms with Crippen LogP contribution < -0.4 is 9.47 Å². The van der Waals surface area contributed by atoms with E-state index in [9.17, 15) is 10.4 Å². The maximum absolute atomic E-state index is 10.7. The molecule has 0 amide bonds. The number of rotatable bonds is 6. The van der Waals surface area contributed by atoms with Crippen LogP contribution in [-0.2, 0) is 0 Å². The molecular formula is C25H23N3O3. The Morgan fingerprint density at radius 1 is 1.00 bits per heavy atom. The van der Waals surface area contributed by atoms with Gasteiger partial charge >= 0.3 is 0 Å². The summed E-state index contributed by atoms with van der Waals surface area (Å²) in [6, 6.07) is 24.3. The van der Waals surface area contributed by atoms with Gasteiger partial charge in [-0.05, 0) is 41.5 Å². The molecule has 3 aromatic carbocycles. The van der Waals surface area contributed by atoms with Crippen LogP contribution >= 0.6 is 0 Å². The summed E-state index contributed by atoms with van der Waals surface area (Å²) >= 11 is 0. The third-order valence-electron chi connectivity index (χ3n) is 5.48. The number of para-hydroxylation sites is 1. The van der Waals surface area contributed by atoms with Gasteiger partial charge in [0.05, 0.1) is 32.0 Å². The van der Waals surface area contributed by atoms with E-state index in [-0.39, 0.29) is 11.8 Å². The molecule has 4 rings (SSSR count). The lowest BCUT2D eigenvalue weighted by Crippen LogP contribution is -2.24. The first kappa shape index (κ1) is 20.3. The second kappa shape index (κ2) is 8.80. The fourth-order valence-electron chi connectivity index (χ4n) is 3.86. The SMILES string of the molecule is COc1ccc(C2=NN(C(C#N)c3cccc(OC)c3O)C(c3ccccc3)C2)cc1. The van der Waals surface area contributed by atoms with E-state index in [2.05, 4.69) is 6.07 Å². The molecule has 0 spiro atoms. The van der Waals surface area contributed by atoms with E-state index in [1.54, 1.807) is 30.3 Å². The lowest BCUT2D eigenvalue weighted by molar-refractivity contribution is 0.193. The van der Waals surface area contributed by atoms with E-state index in [1.165, 1.54) is 7.11 Å². The number of nitrogens with zero attached hydrogens (tertiary/aromatic N) is 3. The fourth-order valence-corrected chi connectivity index (χ4v) is 3.86. The number of methoxy groups -OCH3 is 2. The Hall–Kier alpha value is -3.98. The molecule has 0 bridgehead atoms. The minimum absolute atomic E-state index is 0.0449. The van der Waals surface area contributed by atoms with Crippen molar-refractivity contribution in [2.75, 3.05) is 14.2 Å². The molecule has 0 saturated carbocycles. The molecule has 2 unspecified atom stereocenters. The van der Waals surface area contributed by atoms with Crippen LogP contribution in [0.25, 0.3) is 0 Å². The van der Waals surface area contributed by atoms with Gasteiger partial charge < -0.3 is 14.6 Å². The minimum Gasteiger partial charge on any atom is -0.504 e. The van der Waals surface area contributed by atoms with Gasteiger partial charge in [-0.1, -0.05) is 42.5 Å². The summed E-state index contributed by atoms with van der Waals surface area (Å²) in [4.78, 5) is 0. The normalized spacial score (nSPS) is 16.4. The highest BCUT2D eigenvalue weighted by atomic mass is 16.5. The standard InChI is InChI=1S/C25H23N3O3/c1-30-19-13-11-17(12-14-19)21-15-22(18-7-4-3-5-8-18)28(27-21)23(16-26)20-9-6-10-24(31-2)25(20)29/h3-14,22-23,29H,15H2,1-2H3. The Kier molecular flexibility index (Phi) is 5.76. The van der Waals surface area contributed by atoms with E-state index in [1.807, 2.05) is 54.6 Å².